The topological polar surface area (TPSA) is 15.3 Å². The van der Waals surface area contributed by atoms with Crippen molar-refractivity contribution >= 4 is 0 Å². The van der Waals surface area contributed by atoms with E-state index in [0.717, 1.165) is 19.5 Å². The Kier molecular flexibility index (Phi) is 4.07. The van der Waals surface area contributed by atoms with E-state index in [2.05, 4.69) is 17.3 Å². The number of benzene rings is 1. The molecule has 0 radical (unpaired) electrons. The minimum Gasteiger partial charge on any atom is -0.311 e. The van der Waals surface area contributed by atoms with Crippen molar-refractivity contribution in [2.45, 2.75) is 25.4 Å². The monoisotopic (exact) mass is 240 g/mol. The Labute approximate surface area is 101 Å². The van der Waals surface area contributed by atoms with Crippen molar-refractivity contribution in [3.05, 3.63) is 35.4 Å². The summed E-state index contributed by atoms with van der Waals surface area (Å²) in [4.78, 5) is 2.28. The van der Waals surface area contributed by atoms with Crippen LogP contribution in [0.4, 0.5) is 8.78 Å². The fourth-order valence-corrected chi connectivity index (χ4v) is 2.30. The van der Waals surface area contributed by atoms with Gasteiger partial charge in [-0.15, -0.1) is 0 Å². The van der Waals surface area contributed by atoms with Gasteiger partial charge in [0.15, 0.2) is 0 Å². The van der Waals surface area contributed by atoms with E-state index in [4.69, 9.17) is 0 Å². The SMILES string of the molecule is CN1CCCC1CNCc1c(F)cccc1F. The molecule has 4 heteroatoms. The van der Waals surface area contributed by atoms with E-state index in [9.17, 15) is 8.78 Å². The molecule has 2 nitrogen and oxygen atoms in total. The number of likely N-dealkylation sites (tertiary alicyclic amines) is 1. The molecule has 0 bridgehead atoms. The van der Waals surface area contributed by atoms with Crippen LogP contribution in [-0.2, 0) is 6.54 Å². The molecule has 1 aliphatic rings. The smallest absolute Gasteiger partial charge is 0.130 e. The third-order valence-electron chi connectivity index (χ3n) is 3.41. The zero-order valence-corrected chi connectivity index (χ0v) is 10.0. The maximum atomic E-state index is 13.3. The number of nitrogens with zero attached hydrogens (tertiary/aromatic N) is 1. The first-order chi connectivity index (χ1) is 8.18. The summed E-state index contributed by atoms with van der Waals surface area (Å²) in [5, 5.41) is 3.13. The van der Waals surface area contributed by atoms with Crippen LogP contribution in [0, 0.1) is 11.6 Å². The highest BCUT2D eigenvalue weighted by Crippen LogP contribution is 2.15. The van der Waals surface area contributed by atoms with Crippen molar-refractivity contribution in [1.82, 2.24) is 10.2 Å². The van der Waals surface area contributed by atoms with Crippen LogP contribution in [0.1, 0.15) is 18.4 Å². The number of nitrogens with one attached hydrogen (secondary N) is 1. The number of likely N-dealkylation sites (N-methyl/N-ethyl adjacent to an activating group) is 1. The van der Waals surface area contributed by atoms with Gasteiger partial charge in [0, 0.05) is 24.7 Å². The van der Waals surface area contributed by atoms with Gasteiger partial charge in [-0.2, -0.15) is 0 Å². The standard InChI is InChI=1S/C13H18F2N2/c1-17-7-3-4-10(17)8-16-9-11-12(14)5-2-6-13(11)15/h2,5-6,10,16H,3-4,7-9H2,1H3. The summed E-state index contributed by atoms with van der Waals surface area (Å²) in [5.74, 6) is -0.949. The molecule has 2 rings (SSSR count). The van der Waals surface area contributed by atoms with Gasteiger partial charge in [-0.1, -0.05) is 6.07 Å². The fourth-order valence-electron chi connectivity index (χ4n) is 2.30. The number of hydrogen-bond donors (Lipinski definition) is 1. The molecule has 1 atom stereocenters. The maximum absolute atomic E-state index is 13.3. The minimum atomic E-state index is -0.475. The van der Waals surface area contributed by atoms with Crippen LogP contribution in [0.25, 0.3) is 0 Å². The predicted octanol–water partition coefficient (Wildman–Crippen LogP) is 2.15. The first-order valence-electron chi connectivity index (χ1n) is 6.02. The zero-order chi connectivity index (χ0) is 12.3. The molecule has 1 heterocycles. The lowest BCUT2D eigenvalue weighted by Crippen LogP contribution is -2.35. The largest absolute Gasteiger partial charge is 0.311 e. The fraction of sp³-hybridized carbons (Fsp3) is 0.538. The molecule has 1 N–H and O–H groups in total. The molecule has 1 saturated heterocycles. The molecule has 0 spiro atoms. The van der Waals surface area contributed by atoms with E-state index >= 15 is 0 Å². The van der Waals surface area contributed by atoms with E-state index in [0.29, 0.717) is 6.04 Å². The Morgan fingerprint density at radius 3 is 2.65 bits per heavy atom. The molecule has 0 aliphatic carbocycles. The Morgan fingerprint density at radius 1 is 1.35 bits per heavy atom. The van der Waals surface area contributed by atoms with Crippen molar-refractivity contribution < 1.29 is 8.78 Å². The normalized spacial score (nSPS) is 21.0. The summed E-state index contributed by atoms with van der Waals surface area (Å²) in [7, 11) is 2.09. The highest BCUT2D eigenvalue weighted by molar-refractivity contribution is 5.19. The second-order valence-corrected chi connectivity index (χ2v) is 4.61. The molecule has 17 heavy (non-hydrogen) atoms. The molecule has 0 aromatic heterocycles. The van der Waals surface area contributed by atoms with Crippen LogP contribution in [0.15, 0.2) is 18.2 Å². The Bertz CT molecular complexity index is 361. The molecule has 1 fully saturated rings. The lowest BCUT2D eigenvalue weighted by Gasteiger charge is -2.19. The molecule has 1 unspecified atom stereocenters. The summed E-state index contributed by atoms with van der Waals surface area (Å²) < 4.78 is 26.7. The molecule has 1 aromatic rings. The summed E-state index contributed by atoms with van der Waals surface area (Å²) in [6, 6.07) is 4.47. The Morgan fingerprint density at radius 2 is 2.06 bits per heavy atom. The highest BCUT2D eigenvalue weighted by Gasteiger charge is 2.20. The third-order valence-corrected chi connectivity index (χ3v) is 3.41. The van der Waals surface area contributed by atoms with Crippen molar-refractivity contribution in [1.29, 1.82) is 0 Å². The van der Waals surface area contributed by atoms with Crippen LogP contribution < -0.4 is 5.32 Å². The van der Waals surface area contributed by atoms with Gasteiger partial charge >= 0.3 is 0 Å². The number of hydrogen-bond acceptors (Lipinski definition) is 2. The van der Waals surface area contributed by atoms with Crippen LogP contribution in [0.5, 0.6) is 0 Å². The van der Waals surface area contributed by atoms with E-state index in [1.54, 1.807) is 0 Å². The highest BCUT2D eigenvalue weighted by atomic mass is 19.1. The van der Waals surface area contributed by atoms with E-state index in [-0.39, 0.29) is 12.1 Å². The van der Waals surface area contributed by atoms with Gasteiger partial charge < -0.3 is 10.2 Å². The second-order valence-electron chi connectivity index (χ2n) is 4.61. The molecule has 0 saturated carbocycles. The Balaban J connectivity index is 1.86. The average Bonchev–Trinajstić information content (AvgIpc) is 2.69. The van der Waals surface area contributed by atoms with Gasteiger partial charge in [0.05, 0.1) is 0 Å². The van der Waals surface area contributed by atoms with Crippen LogP contribution in [0.3, 0.4) is 0 Å². The first-order valence-corrected chi connectivity index (χ1v) is 6.02. The molecule has 1 aliphatic heterocycles. The molecular formula is C13H18F2N2. The lowest BCUT2D eigenvalue weighted by atomic mass is 10.2. The number of halogens is 2. The Hall–Kier alpha value is -1.00. The summed E-state index contributed by atoms with van der Waals surface area (Å²) in [6.45, 7) is 2.15. The van der Waals surface area contributed by atoms with Crippen molar-refractivity contribution in [3.8, 4) is 0 Å². The van der Waals surface area contributed by atoms with Gasteiger partial charge in [0.25, 0.3) is 0 Å². The zero-order valence-electron chi connectivity index (χ0n) is 10.0. The van der Waals surface area contributed by atoms with Crippen molar-refractivity contribution in [3.63, 3.8) is 0 Å². The lowest BCUT2D eigenvalue weighted by molar-refractivity contribution is 0.299. The molecule has 0 amide bonds. The molecule has 1 aromatic carbocycles. The van der Waals surface area contributed by atoms with Gasteiger partial charge in [-0.3, -0.25) is 0 Å². The number of rotatable bonds is 4. The minimum absolute atomic E-state index is 0.133. The average molecular weight is 240 g/mol. The first kappa shape index (κ1) is 12.5. The van der Waals surface area contributed by atoms with Gasteiger partial charge in [0.2, 0.25) is 0 Å². The molecular weight excluding hydrogens is 222 g/mol. The van der Waals surface area contributed by atoms with Gasteiger partial charge in [-0.05, 0) is 38.6 Å². The van der Waals surface area contributed by atoms with Crippen LogP contribution in [0.2, 0.25) is 0 Å². The van der Waals surface area contributed by atoms with Crippen molar-refractivity contribution in [2.24, 2.45) is 0 Å². The quantitative estimate of drug-likeness (QED) is 0.867. The summed E-state index contributed by atoms with van der Waals surface area (Å²) in [5.41, 5.74) is 0.133. The summed E-state index contributed by atoms with van der Waals surface area (Å²) in [6.07, 6.45) is 2.36. The third kappa shape index (κ3) is 3.01. The van der Waals surface area contributed by atoms with Gasteiger partial charge in [0.1, 0.15) is 11.6 Å². The van der Waals surface area contributed by atoms with E-state index in [1.807, 2.05) is 0 Å². The predicted molar refractivity (Wildman–Crippen MR) is 63.7 cm³/mol. The van der Waals surface area contributed by atoms with Gasteiger partial charge in [-0.25, -0.2) is 8.78 Å². The summed E-state index contributed by atoms with van der Waals surface area (Å²) >= 11 is 0. The maximum Gasteiger partial charge on any atom is 0.130 e. The molecule has 94 valence electrons. The van der Waals surface area contributed by atoms with E-state index in [1.165, 1.54) is 24.6 Å². The van der Waals surface area contributed by atoms with Crippen LogP contribution >= 0.6 is 0 Å². The van der Waals surface area contributed by atoms with Crippen molar-refractivity contribution in [2.75, 3.05) is 20.1 Å². The second kappa shape index (κ2) is 5.56. The van der Waals surface area contributed by atoms with Crippen LogP contribution in [-0.4, -0.2) is 31.1 Å². The van der Waals surface area contributed by atoms with E-state index < -0.39 is 11.6 Å².